The number of rotatable bonds is 8. The second-order valence-electron chi connectivity index (χ2n) is 6.33. The first-order chi connectivity index (χ1) is 9.81. The number of imidazole rings is 1. The molecule has 0 amide bonds. The molecule has 0 bridgehead atoms. The molecule has 3 nitrogen and oxygen atoms in total. The van der Waals surface area contributed by atoms with Gasteiger partial charge in [0.25, 0.3) is 0 Å². The number of aryl methyl sites for hydroxylation is 1. The summed E-state index contributed by atoms with van der Waals surface area (Å²) in [5, 5.41) is 3.72. The van der Waals surface area contributed by atoms with Crippen LogP contribution in [0.15, 0.2) is 12.5 Å². The smallest absolute Gasteiger partial charge is 0.0948 e. The molecule has 1 N–H and O–H groups in total. The van der Waals surface area contributed by atoms with Crippen molar-refractivity contribution in [2.75, 3.05) is 0 Å². The molecule has 1 aliphatic heterocycles. The Balaban J connectivity index is 1.76. The molecule has 0 spiro atoms. The Morgan fingerprint density at radius 2 is 2.00 bits per heavy atom. The van der Waals surface area contributed by atoms with Crippen molar-refractivity contribution in [3.63, 3.8) is 0 Å². The molecule has 0 radical (unpaired) electrons. The molecule has 0 saturated carbocycles. The third-order valence-electron chi connectivity index (χ3n) is 4.47. The molecule has 1 aromatic heterocycles. The van der Waals surface area contributed by atoms with E-state index in [1.54, 1.807) is 0 Å². The van der Waals surface area contributed by atoms with Crippen LogP contribution in [0.2, 0.25) is 0 Å². The van der Waals surface area contributed by atoms with E-state index in [2.05, 4.69) is 34.9 Å². The van der Waals surface area contributed by atoms with Crippen molar-refractivity contribution in [3.8, 4) is 0 Å². The van der Waals surface area contributed by atoms with E-state index in [1.807, 2.05) is 6.33 Å². The van der Waals surface area contributed by atoms with Crippen LogP contribution in [0, 0.1) is 0 Å². The van der Waals surface area contributed by atoms with Gasteiger partial charge in [-0.2, -0.15) is 0 Å². The van der Waals surface area contributed by atoms with Crippen molar-refractivity contribution in [2.24, 2.45) is 0 Å². The summed E-state index contributed by atoms with van der Waals surface area (Å²) in [6.07, 6.45) is 16.1. The van der Waals surface area contributed by atoms with Gasteiger partial charge in [0, 0.05) is 24.8 Å². The van der Waals surface area contributed by atoms with Gasteiger partial charge in [0.1, 0.15) is 0 Å². The summed E-state index contributed by atoms with van der Waals surface area (Å²) < 4.78 is 2.37. The summed E-state index contributed by atoms with van der Waals surface area (Å²) in [4.78, 5) is 4.37. The van der Waals surface area contributed by atoms with E-state index in [-0.39, 0.29) is 0 Å². The molecule has 114 valence electrons. The summed E-state index contributed by atoms with van der Waals surface area (Å²) in [6.45, 7) is 5.70. The summed E-state index contributed by atoms with van der Waals surface area (Å²) in [5.74, 6) is 0. The molecule has 1 fully saturated rings. The maximum Gasteiger partial charge on any atom is 0.0948 e. The first kappa shape index (κ1) is 15.6. The van der Waals surface area contributed by atoms with Crippen LogP contribution in [0.1, 0.15) is 83.4 Å². The Labute approximate surface area is 124 Å². The van der Waals surface area contributed by atoms with Gasteiger partial charge in [-0.05, 0) is 32.6 Å². The quantitative estimate of drug-likeness (QED) is 0.712. The number of unbranched alkanes of at least 4 members (excludes halogenated alkanes) is 5. The number of nitrogens with zero attached hydrogens (tertiary/aromatic N) is 2. The van der Waals surface area contributed by atoms with Gasteiger partial charge in [-0.3, -0.25) is 0 Å². The maximum absolute atomic E-state index is 4.37. The van der Waals surface area contributed by atoms with Crippen molar-refractivity contribution < 1.29 is 0 Å². The fraction of sp³-hybridized carbons (Fsp3) is 0.824. The highest BCUT2D eigenvalue weighted by atomic mass is 15.1. The number of nitrogens with one attached hydrogen (secondary N) is 1. The maximum atomic E-state index is 4.37. The predicted molar refractivity (Wildman–Crippen MR) is 84.8 cm³/mol. The van der Waals surface area contributed by atoms with Gasteiger partial charge in [-0.15, -0.1) is 0 Å². The Morgan fingerprint density at radius 1 is 1.20 bits per heavy atom. The first-order valence-corrected chi connectivity index (χ1v) is 8.57. The SMILES string of the molecule is CCCCCCCCn1cncc1C1CCCC(C)N1. The van der Waals surface area contributed by atoms with E-state index < -0.39 is 0 Å². The standard InChI is InChI=1S/C17H31N3/c1-3-4-5-6-7-8-12-20-14-18-13-17(20)16-11-9-10-15(2)19-16/h13-16,19H,3-12H2,1-2H3. The highest BCUT2D eigenvalue weighted by molar-refractivity contribution is 5.07. The number of piperidine rings is 1. The summed E-state index contributed by atoms with van der Waals surface area (Å²) >= 11 is 0. The van der Waals surface area contributed by atoms with E-state index in [0.29, 0.717) is 12.1 Å². The average molecular weight is 277 g/mol. The molecule has 2 unspecified atom stereocenters. The minimum absolute atomic E-state index is 0.515. The topological polar surface area (TPSA) is 29.9 Å². The summed E-state index contributed by atoms with van der Waals surface area (Å²) in [6, 6.07) is 1.16. The zero-order chi connectivity index (χ0) is 14.2. The fourth-order valence-electron chi connectivity index (χ4n) is 3.24. The lowest BCUT2D eigenvalue weighted by Crippen LogP contribution is -2.35. The fourth-order valence-corrected chi connectivity index (χ4v) is 3.24. The van der Waals surface area contributed by atoms with Gasteiger partial charge in [-0.1, -0.05) is 39.0 Å². The van der Waals surface area contributed by atoms with E-state index in [1.165, 1.54) is 63.5 Å². The molecule has 2 atom stereocenters. The van der Waals surface area contributed by atoms with Crippen molar-refractivity contribution in [3.05, 3.63) is 18.2 Å². The van der Waals surface area contributed by atoms with Crippen molar-refractivity contribution >= 4 is 0 Å². The van der Waals surface area contributed by atoms with Crippen LogP contribution in [-0.4, -0.2) is 15.6 Å². The van der Waals surface area contributed by atoms with Gasteiger partial charge in [0.05, 0.1) is 12.0 Å². The van der Waals surface area contributed by atoms with Crippen molar-refractivity contribution in [1.82, 2.24) is 14.9 Å². The van der Waals surface area contributed by atoms with E-state index in [9.17, 15) is 0 Å². The molecular formula is C17H31N3. The largest absolute Gasteiger partial charge is 0.333 e. The summed E-state index contributed by atoms with van der Waals surface area (Å²) in [5.41, 5.74) is 1.39. The highest BCUT2D eigenvalue weighted by Crippen LogP contribution is 2.25. The molecule has 1 saturated heterocycles. The lowest BCUT2D eigenvalue weighted by molar-refractivity contribution is 0.328. The normalized spacial score (nSPS) is 23.1. The minimum Gasteiger partial charge on any atom is -0.333 e. The second-order valence-corrected chi connectivity index (χ2v) is 6.33. The molecular weight excluding hydrogens is 246 g/mol. The number of hydrogen-bond acceptors (Lipinski definition) is 2. The third kappa shape index (κ3) is 4.62. The lowest BCUT2D eigenvalue weighted by atomic mass is 9.97. The Bertz CT molecular complexity index is 372. The Kier molecular flexibility index (Phi) is 6.58. The summed E-state index contributed by atoms with van der Waals surface area (Å²) in [7, 11) is 0. The predicted octanol–water partition coefficient (Wildman–Crippen LogP) is 4.45. The van der Waals surface area contributed by atoms with Gasteiger partial charge in [-0.25, -0.2) is 4.98 Å². The van der Waals surface area contributed by atoms with Crippen molar-refractivity contribution in [1.29, 1.82) is 0 Å². The average Bonchev–Trinajstić information content (AvgIpc) is 2.91. The van der Waals surface area contributed by atoms with Gasteiger partial charge in [0.15, 0.2) is 0 Å². The highest BCUT2D eigenvalue weighted by Gasteiger charge is 2.21. The van der Waals surface area contributed by atoms with E-state index in [0.717, 1.165) is 6.54 Å². The Morgan fingerprint density at radius 3 is 2.80 bits per heavy atom. The van der Waals surface area contributed by atoms with Crippen LogP contribution in [-0.2, 0) is 6.54 Å². The monoisotopic (exact) mass is 277 g/mol. The molecule has 2 heterocycles. The molecule has 0 aliphatic carbocycles. The zero-order valence-electron chi connectivity index (χ0n) is 13.3. The van der Waals surface area contributed by atoms with Crippen LogP contribution in [0.4, 0.5) is 0 Å². The van der Waals surface area contributed by atoms with Crippen LogP contribution in [0.5, 0.6) is 0 Å². The molecule has 0 aromatic carbocycles. The third-order valence-corrected chi connectivity index (χ3v) is 4.47. The van der Waals surface area contributed by atoms with E-state index >= 15 is 0 Å². The van der Waals surface area contributed by atoms with E-state index in [4.69, 9.17) is 0 Å². The zero-order valence-corrected chi connectivity index (χ0v) is 13.3. The molecule has 20 heavy (non-hydrogen) atoms. The number of aromatic nitrogens is 2. The van der Waals surface area contributed by atoms with Gasteiger partial charge in [0.2, 0.25) is 0 Å². The van der Waals surface area contributed by atoms with Gasteiger partial charge < -0.3 is 9.88 Å². The van der Waals surface area contributed by atoms with Gasteiger partial charge >= 0.3 is 0 Å². The minimum atomic E-state index is 0.515. The van der Waals surface area contributed by atoms with Crippen LogP contribution >= 0.6 is 0 Å². The van der Waals surface area contributed by atoms with Crippen LogP contribution in [0.3, 0.4) is 0 Å². The van der Waals surface area contributed by atoms with Crippen LogP contribution < -0.4 is 5.32 Å². The first-order valence-electron chi connectivity index (χ1n) is 8.57. The molecule has 1 aromatic rings. The molecule has 1 aliphatic rings. The Hall–Kier alpha value is -0.830. The lowest BCUT2D eigenvalue weighted by Gasteiger charge is -2.29. The number of hydrogen-bond donors (Lipinski definition) is 1. The molecule has 3 heteroatoms. The van der Waals surface area contributed by atoms with Crippen LogP contribution in [0.25, 0.3) is 0 Å². The molecule has 2 rings (SSSR count). The van der Waals surface area contributed by atoms with Crippen molar-refractivity contribution in [2.45, 2.75) is 90.3 Å². The second kappa shape index (κ2) is 8.46.